The monoisotopic (exact) mass is 283 g/mol. The van der Waals surface area contributed by atoms with Crippen LogP contribution in [-0.4, -0.2) is 12.8 Å². The Hall–Kier alpha value is -0.940. The van der Waals surface area contributed by atoms with Crippen LogP contribution in [0.5, 0.6) is 5.75 Å². The standard InChI is InChI=1S/C12H16F3NO.ClH/c1-2-17-10-5-3-4-9(8-10)11(16)6-7-12(13,14)15;/h3-5,8,11H,2,6-7,16H2,1H3;1H/t11-;/m0./s1. The molecule has 0 aliphatic carbocycles. The van der Waals surface area contributed by atoms with Gasteiger partial charge in [-0.05, 0) is 31.0 Å². The van der Waals surface area contributed by atoms with Crippen LogP contribution in [0, 0.1) is 0 Å². The van der Waals surface area contributed by atoms with E-state index in [1.807, 2.05) is 6.92 Å². The lowest BCUT2D eigenvalue weighted by Gasteiger charge is -2.14. The fourth-order valence-corrected chi connectivity index (χ4v) is 1.49. The molecule has 104 valence electrons. The normalized spacial score (nSPS) is 12.7. The van der Waals surface area contributed by atoms with E-state index in [0.29, 0.717) is 17.9 Å². The van der Waals surface area contributed by atoms with Crippen molar-refractivity contribution < 1.29 is 17.9 Å². The van der Waals surface area contributed by atoms with Gasteiger partial charge in [-0.1, -0.05) is 12.1 Å². The molecule has 0 aromatic heterocycles. The van der Waals surface area contributed by atoms with Gasteiger partial charge in [0.25, 0.3) is 0 Å². The maximum atomic E-state index is 12.1. The Labute approximate surface area is 111 Å². The summed E-state index contributed by atoms with van der Waals surface area (Å²) in [5.41, 5.74) is 6.38. The Balaban J connectivity index is 0.00000289. The molecule has 0 aliphatic heterocycles. The number of rotatable bonds is 5. The van der Waals surface area contributed by atoms with Gasteiger partial charge in [0, 0.05) is 12.5 Å². The van der Waals surface area contributed by atoms with E-state index in [4.69, 9.17) is 10.5 Å². The zero-order valence-electron chi connectivity index (χ0n) is 10.0. The van der Waals surface area contributed by atoms with Crippen LogP contribution in [0.1, 0.15) is 31.4 Å². The quantitative estimate of drug-likeness (QED) is 0.891. The number of halogens is 4. The van der Waals surface area contributed by atoms with Crippen LogP contribution in [0.3, 0.4) is 0 Å². The van der Waals surface area contributed by atoms with Gasteiger partial charge in [0.05, 0.1) is 6.61 Å². The van der Waals surface area contributed by atoms with Crippen molar-refractivity contribution in [3.63, 3.8) is 0 Å². The molecule has 0 radical (unpaired) electrons. The summed E-state index contributed by atoms with van der Waals surface area (Å²) in [7, 11) is 0. The Morgan fingerprint density at radius 2 is 2.00 bits per heavy atom. The van der Waals surface area contributed by atoms with Gasteiger partial charge in [0.1, 0.15) is 5.75 Å². The van der Waals surface area contributed by atoms with E-state index in [0.717, 1.165) is 0 Å². The van der Waals surface area contributed by atoms with E-state index in [9.17, 15) is 13.2 Å². The lowest BCUT2D eigenvalue weighted by atomic mass is 10.0. The van der Waals surface area contributed by atoms with E-state index in [2.05, 4.69) is 0 Å². The van der Waals surface area contributed by atoms with Crippen LogP contribution >= 0.6 is 12.4 Å². The maximum Gasteiger partial charge on any atom is 0.389 e. The average Bonchev–Trinajstić information content (AvgIpc) is 2.26. The molecular weight excluding hydrogens is 267 g/mol. The van der Waals surface area contributed by atoms with Crippen LogP contribution in [0.2, 0.25) is 0 Å². The third kappa shape index (κ3) is 6.12. The van der Waals surface area contributed by atoms with E-state index >= 15 is 0 Å². The fraction of sp³-hybridized carbons (Fsp3) is 0.500. The molecule has 0 bridgehead atoms. The van der Waals surface area contributed by atoms with Gasteiger partial charge in [-0.15, -0.1) is 12.4 Å². The highest BCUT2D eigenvalue weighted by Crippen LogP contribution is 2.27. The Morgan fingerprint density at radius 1 is 1.33 bits per heavy atom. The number of hydrogen-bond donors (Lipinski definition) is 1. The highest BCUT2D eigenvalue weighted by Gasteiger charge is 2.27. The minimum absolute atomic E-state index is 0. The van der Waals surface area contributed by atoms with Crippen molar-refractivity contribution in [1.82, 2.24) is 0 Å². The number of ether oxygens (including phenoxy) is 1. The van der Waals surface area contributed by atoms with Crippen molar-refractivity contribution in [3.05, 3.63) is 29.8 Å². The zero-order chi connectivity index (χ0) is 12.9. The Bertz CT molecular complexity index is 357. The predicted molar refractivity (Wildman–Crippen MR) is 67.1 cm³/mol. The topological polar surface area (TPSA) is 35.2 Å². The number of nitrogens with two attached hydrogens (primary N) is 1. The third-order valence-electron chi connectivity index (χ3n) is 2.34. The molecule has 1 atom stereocenters. The second kappa shape index (κ2) is 7.48. The molecule has 0 spiro atoms. The minimum Gasteiger partial charge on any atom is -0.494 e. The summed E-state index contributed by atoms with van der Waals surface area (Å²) in [5.74, 6) is 0.632. The summed E-state index contributed by atoms with van der Waals surface area (Å²) >= 11 is 0. The third-order valence-corrected chi connectivity index (χ3v) is 2.34. The molecule has 0 saturated heterocycles. The van der Waals surface area contributed by atoms with Crippen molar-refractivity contribution in [2.45, 2.75) is 32.0 Å². The molecule has 1 rings (SSSR count). The van der Waals surface area contributed by atoms with Crippen LogP contribution in [-0.2, 0) is 0 Å². The lowest BCUT2D eigenvalue weighted by Crippen LogP contribution is -2.15. The van der Waals surface area contributed by atoms with Crippen molar-refractivity contribution in [1.29, 1.82) is 0 Å². The van der Waals surface area contributed by atoms with Crippen molar-refractivity contribution in [2.75, 3.05) is 6.61 Å². The van der Waals surface area contributed by atoms with Crippen molar-refractivity contribution in [2.24, 2.45) is 5.73 Å². The van der Waals surface area contributed by atoms with Gasteiger partial charge in [0.2, 0.25) is 0 Å². The lowest BCUT2D eigenvalue weighted by molar-refractivity contribution is -0.136. The van der Waals surface area contributed by atoms with Gasteiger partial charge < -0.3 is 10.5 Å². The number of hydrogen-bond acceptors (Lipinski definition) is 2. The molecule has 2 nitrogen and oxygen atoms in total. The molecule has 2 N–H and O–H groups in total. The highest BCUT2D eigenvalue weighted by molar-refractivity contribution is 5.85. The van der Waals surface area contributed by atoms with Gasteiger partial charge >= 0.3 is 6.18 Å². The summed E-state index contributed by atoms with van der Waals surface area (Å²) in [6, 6.07) is 6.27. The second-order valence-electron chi connectivity index (χ2n) is 3.77. The Kier molecular flexibility index (Phi) is 7.09. The van der Waals surface area contributed by atoms with Crippen molar-refractivity contribution in [3.8, 4) is 5.75 Å². The van der Waals surface area contributed by atoms with Crippen LogP contribution < -0.4 is 10.5 Å². The minimum atomic E-state index is -4.16. The molecule has 0 heterocycles. The predicted octanol–water partition coefficient (Wildman–Crippen LogP) is 3.85. The molecule has 0 fully saturated rings. The van der Waals surface area contributed by atoms with Crippen LogP contribution in [0.15, 0.2) is 24.3 Å². The molecule has 18 heavy (non-hydrogen) atoms. The summed E-state index contributed by atoms with van der Waals surface area (Å²) in [6.07, 6.45) is -5.14. The first-order chi connectivity index (χ1) is 7.92. The van der Waals surface area contributed by atoms with Gasteiger partial charge in [-0.2, -0.15) is 13.2 Å². The second-order valence-corrected chi connectivity index (χ2v) is 3.77. The van der Waals surface area contributed by atoms with Crippen molar-refractivity contribution >= 4 is 12.4 Å². The maximum absolute atomic E-state index is 12.1. The van der Waals surface area contributed by atoms with E-state index < -0.39 is 18.6 Å². The molecule has 1 aromatic carbocycles. The first-order valence-corrected chi connectivity index (χ1v) is 5.47. The first kappa shape index (κ1) is 17.1. The van der Waals surface area contributed by atoms with E-state index in [1.54, 1.807) is 24.3 Å². The molecule has 6 heteroatoms. The number of benzene rings is 1. The first-order valence-electron chi connectivity index (χ1n) is 5.47. The number of alkyl halides is 3. The Morgan fingerprint density at radius 3 is 2.56 bits per heavy atom. The van der Waals surface area contributed by atoms with Gasteiger partial charge in [-0.25, -0.2) is 0 Å². The molecule has 1 aromatic rings. The molecule has 0 saturated carbocycles. The van der Waals surface area contributed by atoms with Crippen LogP contribution in [0.4, 0.5) is 13.2 Å². The molecule has 0 aliphatic rings. The summed E-state index contributed by atoms with van der Waals surface area (Å²) in [6.45, 7) is 2.36. The average molecular weight is 284 g/mol. The zero-order valence-corrected chi connectivity index (χ0v) is 10.9. The van der Waals surface area contributed by atoms with Gasteiger partial charge in [-0.3, -0.25) is 0 Å². The van der Waals surface area contributed by atoms with E-state index in [1.165, 1.54) is 0 Å². The largest absolute Gasteiger partial charge is 0.494 e. The summed E-state index contributed by atoms with van der Waals surface area (Å²) in [4.78, 5) is 0. The molecular formula is C12H17ClF3NO. The smallest absolute Gasteiger partial charge is 0.389 e. The molecule has 0 unspecified atom stereocenters. The highest BCUT2D eigenvalue weighted by atomic mass is 35.5. The van der Waals surface area contributed by atoms with Gasteiger partial charge in [0.15, 0.2) is 0 Å². The SMILES string of the molecule is CCOc1cccc([C@@H](N)CCC(F)(F)F)c1.Cl. The summed E-state index contributed by atoms with van der Waals surface area (Å²) < 4.78 is 41.4. The van der Waals surface area contributed by atoms with E-state index in [-0.39, 0.29) is 18.8 Å². The molecule has 0 amide bonds. The summed E-state index contributed by atoms with van der Waals surface area (Å²) in [5, 5.41) is 0. The fourth-order valence-electron chi connectivity index (χ4n) is 1.49. The van der Waals surface area contributed by atoms with Crippen LogP contribution in [0.25, 0.3) is 0 Å².